The van der Waals surface area contributed by atoms with E-state index in [0.717, 1.165) is 5.69 Å². The quantitative estimate of drug-likeness (QED) is 0.690. The first-order valence-electron chi connectivity index (χ1n) is 7.63. The van der Waals surface area contributed by atoms with E-state index in [4.69, 9.17) is 11.0 Å². The lowest BCUT2D eigenvalue weighted by Crippen LogP contribution is -2.02. The van der Waals surface area contributed by atoms with Gasteiger partial charge in [0.05, 0.1) is 11.6 Å². The molecule has 0 fully saturated rings. The maximum atomic E-state index is 12.6. The number of benzene rings is 2. The predicted octanol–water partition coefficient (Wildman–Crippen LogP) is 4.19. The monoisotopic (exact) mass is 348 g/mol. The Balaban J connectivity index is 1.85. The van der Waals surface area contributed by atoms with E-state index in [9.17, 15) is 4.79 Å². The van der Waals surface area contributed by atoms with Crippen LogP contribution in [0, 0.1) is 25.2 Å². The maximum absolute atomic E-state index is 12.6. The number of hydrogen-bond donors (Lipinski definition) is 2. The molecule has 0 bridgehead atoms. The average molecular weight is 348 g/mol. The molecule has 0 spiro atoms. The van der Waals surface area contributed by atoms with Crippen molar-refractivity contribution in [1.82, 2.24) is 4.98 Å². The molecular weight excluding hydrogens is 332 g/mol. The van der Waals surface area contributed by atoms with Crippen molar-refractivity contribution in [3.05, 3.63) is 69.6 Å². The van der Waals surface area contributed by atoms with Gasteiger partial charge in [-0.2, -0.15) is 5.26 Å². The maximum Gasteiger partial charge on any atom is 0.206 e. The minimum Gasteiger partial charge on any atom is -0.382 e. The first-order valence-corrected chi connectivity index (χ1v) is 8.45. The van der Waals surface area contributed by atoms with Gasteiger partial charge in [0.1, 0.15) is 10.7 Å². The molecule has 3 rings (SSSR count). The number of nitrogens with one attached hydrogen (secondary N) is 1. The summed E-state index contributed by atoms with van der Waals surface area (Å²) in [5, 5.41) is 12.6. The van der Waals surface area contributed by atoms with Crippen molar-refractivity contribution in [2.45, 2.75) is 13.8 Å². The van der Waals surface area contributed by atoms with Gasteiger partial charge >= 0.3 is 0 Å². The van der Waals surface area contributed by atoms with Crippen molar-refractivity contribution in [3.8, 4) is 6.07 Å². The number of anilines is 3. The van der Waals surface area contributed by atoms with Gasteiger partial charge in [-0.1, -0.05) is 17.4 Å². The summed E-state index contributed by atoms with van der Waals surface area (Å²) in [6.45, 7) is 4.09. The molecule has 2 aromatic carbocycles. The highest BCUT2D eigenvalue weighted by Crippen LogP contribution is 2.30. The van der Waals surface area contributed by atoms with Crippen LogP contribution >= 0.6 is 11.3 Å². The highest BCUT2D eigenvalue weighted by molar-refractivity contribution is 7.18. The van der Waals surface area contributed by atoms with E-state index in [-0.39, 0.29) is 11.6 Å². The lowest BCUT2D eigenvalue weighted by Gasteiger charge is -2.05. The third-order valence-corrected chi connectivity index (χ3v) is 4.88. The van der Waals surface area contributed by atoms with E-state index >= 15 is 0 Å². The number of ketones is 1. The van der Waals surface area contributed by atoms with E-state index in [2.05, 4.69) is 17.2 Å². The molecular formula is C19H16N4OS. The van der Waals surface area contributed by atoms with Crippen LogP contribution in [0.4, 0.5) is 16.6 Å². The van der Waals surface area contributed by atoms with Gasteiger partial charge in [0.2, 0.25) is 5.78 Å². The Morgan fingerprint density at radius 1 is 1.16 bits per heavy atom. The summed E-state index contributed by atoms with van der Waals surface area (Å²) in [6, 6.07) is 14.5. The number of nitrogen functional groups attached to an aromatic ring is 1. The number of carbonyl (C=O) groups is 1. The number of aryl methyl sites for hydroxylation is 2. The zero-order chi connectivity index (χ0) is 18.0. The Hall–Kier alpha value is -3.17. The van der Waals surface area contributed by atoms with Gasteiger partial charge in [0, 0.05) is 11.3 Å². The minimum absolute atomic E-state index is 0.200. The molecule has 1 heterocycles. The second-order valence-electron chi connectivity index (χ2n) is 5.68. The number of nitriles is 1. The molecule has 3 N–H and O–H groups in total. The van der Waals surface area contributed by atoms with Crippen LogP contribution in [0.15, 0.2) is 42.5 Å². The first kappa shape index (κ1) is 16.7. The van der Waals surface area contributed by atoms with E-state index in [1.54, 1.807) is 24.3 Å². The number of nitrogens with zero attached hydrogens (tertiary/aromatic N) is 2. The molecule has 0 amide bonds. The van der Waals surface area contributed by atoms with Gasteiger partial charge in [-0.15, -0.1) is 0 Å². The topological polar surface area (TPSA) is 91.8 Å². The molecule has 0 aliphatic heterocycles. The van der Waals surface area contributed by atoms with E-state index in [0.29, 0.717) is 21.1 Å². The van der Waals surface area contributed by atoms with Crippen LogP contribution < -0.4 is 11.1 Å². The number of hydrogen-bond acceptors (Lipinski definition) is 6. The molecule has 3 aromatic rings. The van der Waals surface area contributed by atoms with Crippen LogP contribution in [0.5, 0.6) is 0 Å². The number of nitrogens with two attached hydrogens (primary N) is 1. The van der Waals surface area contributed by atoms with Gasteiger partial charge in [-0.25, -0.2) is 4.98 Å². The smallest absolute Gasteiger partial charge is 0.206 e. The van der Waals surface area contributed by atoms with Crippen LogP contribution in [-0.2, 0) is 0 Å². The van der Waals surface area contributed by atoms with Crippen LogP contribution in [0.1, 0.15) is 31.9 Å². The summed E-state index contributed by atoms with van der Waals surface area (Å²) in [6.07, 6.45) is 0. The summed E-state index contributed by atoms with van der Waals surface area (Å²) in [5.74, 6) is -0.00156. The Kier molecular flexibility index (Phi) is 4.50. The number of thiazole rings is 1. The molecule has 0 unspecified atom stereocenters. The SMILES string of the molecule is Cc1ccc(Nc2nc(N)c(C(=O)c3ccc(C#N)cc3)s2)cc1C. The van der Waals surface area contributed by atoms with Crippen LogP contribution in [0.25, 0.3) is 0 Å². The van der Waals surface area contributed by atoms with E-state index in [1.807, 2.05) is 31.2 Å². The number of rotatable bonds is 4. The predicted molar refractivity (Wildman–Crippen MR) is 100 cm³/mol. The molecule has 0 aliphatic rings. The van der Waals surface area contributed by atoms with E-state index in [1.165, 1.54) is 22.5 Å². The average Bonchev–Trinajstić information content (AvgIpc) is 2.98. The van der Waals surface area contributed by atoms with E-state index < -0.39 is 0 Å². The number of aromatic nitrogens is 1. The summed E-state index contributed by atoms with van der Waals surface area (Å²) in [7, 11) is 0. The summed E-state index contributed by atoms with van der Waals surface area (Å²) < 4.78 is 0. The molecule has 124 valence electrons. The first-order chi connectivity index (χ1) is 12.0. The lowest BCUT2D eigenvalue weighted by atomic mass is 10.1. The third kappa shape index (κ3) is 3.52. The molecule has 5 nitrogen and oxygen atoms in total. The van der Waals surface area contributed by atoms with Crippen LogP contribution in [0.2, 0.25) is 0 Å². The van der Waals surface area contributed by atoms with Crippen molar-refractivity contribution in [2.24, 2.45) is 0 Å². The van der Waals surface area contributed by atoms with Gasteiger partial charge in [0.25, 0.3) is 0 Å². The Morgan fingerprint density at radius 2 is 1.88 bits per heavy atom. The minimum atomic E-state index is -0.201. The Bertz CT molecular complexity index is 984. The normalized spacial score (nSPS) is 10.3. The highest BCUT2D eigenvalue weighted by Gasteiger charge is 2.18. The van der Waals surface area contributed by atoms with Crippen molar-refractivity contribution in [2.75, 3.05) is 11.1 Å². The zero-order valence-electron chi connectivity index (χ0n) is 13.8. The fraction of sp³-hybridized carbons (Fsp3) is 0.105. The number of carbonyl (C=O) groups excluding carboxylic acids is 1. The molecule has 0 aliphatic carbocycles. The summed E-state index contributed by atoms with van der Waals surface area (Å²) >= 11 is 1.22. The molecule has 25 heavy (non-hydrogen) atoms. The molecule has 0 saturated heterocycles. The van der Waals surface area contributed by atoms with Crippen molar-refractivity contribution >= 4 is 33.8 Å². The van der Waals surface area contributed by atoms with Crippen molar-refractivity contribution in [1.29, 1.82) is 5.26 Å². The fourth-order valence-corrected chi connectivity index (χ4v) is 3.18. The van der Waals surface area contributed by atoms with Crippen molar-refractivity contribution in [3.63, 3.8) is 0 Å². The summed E-state index contributed by atoms with van der Waals surface area (Å²) in [4.78, 5) is 17.2. The molecule has 0 radical (unpaired) electrons. The van der Waals surface area contributed by atoms with Gasteiger partial charge in [-0.3, -0.25) is 4.79 Å². The molecule has 0 atom stereocenters. The Labute approximate surface area is 149 Å². The fourth-order valence-electron chi connectivity index (χ4n) is 2.32. The van der Waals surface area contributed by atoms with Gasteiger partial charge in [-0.05, 0) is 61.4 Å². The molecule has 0 saturated carbocycles. The largest absolute Gasteiger partial charge is 0.382 e. The highest BCUT2D eigenvalue weighted by atomic mass is 32.1. The second-order valence-corrected chi connectivity index (χ2v) is 6.67. The molecule has 1 aromatic heterocycles. The Morgan fingerprint density at radius 3 is 2.52 bits per heavy atom. The third-order valence-electron chi connectivity index (χ3n) is 3.89. The summed E-state index contributed by atoms with van der Waals surface area (Å²) in [5.41, 5.74) is 10.2. The van der Waals surface area contributed by atoms with Gasteiger partial charge in [0.15, 0.2) is 5.13 Å². The second kappa shape index (κ2) is 6.75. The van der Waals surface area contributed by atoms with Crippen molar-refractivity contribution < 1.29 is 4.79 Å². The standard InChI is InChI=1S/C19H16N4OS/c1-11-3-8-15(9-12(11)2)22-19-23-18(21)17(25-19)16(24)14-6-4-13(10-20)5-7-14/h3-9H,21H2,1-2H3,(H,22,23). The van der Waals surface area contributed by atoms with Gasteiger partial charge < -0.3 is 11.1 Å². The zero-order valence-corrected chi connectivity index (χ0v) is 14.6. The van der Waals surface area contributed by atoms with Crippen LogP contribution in [0.3, 0.4) is 0 Å². The lowest BCUT2D eigenvalue weighted by molar-refractivity contribution is 0.104. The molecule has 6 heteroatoms. The van der Waals surface area contributed by atoms with Crippen LogP contribution in [-0.4, -0.2) is 10.8 Å².